The van der Waals surface area contributed by atoms with Crippen molar-refractivity contribution in [3.8, 4) is 0 Å². The van der Waals surface area contributed by atoms with Crippen molar-refractivity contribution in [3.05, 3.63) is 12.2 Å². The second-order valence-electron chi connectivity index (χ2n) is 3.49. The topological polar surface area (TPSA) is 70.7 Å². The van der Waals surface area contributed by atoms with Crippen molar-refractivity contribution < 1.29 is 31.1 Å². The Morgan fingerprint density at radius 3 is 2.26 bits per heavy atom. The number of alkyl halides is 6. The number of rotatable bonds is 4. The Balaban J connectivity index is 2.58. The Bertz CT molecular complexity index is 398. The third kappa shape index (κ3) is 4.41. The molecule has 0 saturated carbocycles. The van der Waals surface area contributed by atoms with Crippen LogP contribution in [0.25, 0.3) is 0 Å². The van der Waals surface area contributed by atoms with Crippen LogP contribution in [-0.4, -0.2) is 40.0 Å². The maximum absolute atomic E-state index is 12.2. The highest BCUT2D eigenvalue weighted by Gasteiger charge is 2.60. The smallest absolute Gasteiger partial charge is 0.355 e. The van der Waals surface area contributed by atoms with Gasteiger partial charge in [-0.1, -0.05) is 0 Å². The maximum Gasteiger partial charge on any atom is 0.409 e. The summed E-state index contributed by atoms with van der Waals surface area (Å²) >= 11 is 0. The summed E-state index contributed by atoms with van der Waals surface area (Å²) in [6, 6.07) is 0. The zero-order valence-electron chi connectivity index (χ0n) is 9.14. The lowest BCUT2D eigenvalue weighted by Crippen LogP contribution is -2.48. The molecule has 1 aromatic heterocycles. The maximum atomic E-state index is 12.2. The summed E-state index contributed by atoms with van der Waals surface area (Å²) in [5.74, 6) is -5.94. The molecule has 0 spiro atoms. The summed E-state index contributed by atoms with van der Waals surface area (Å²) in [4.78, 5) is 14.6. The molecule has 0 fully saturated rings. The molecule has 2 N–H and O–H groups in total. The minimum Gasteiger partial charge on any atom is -0.355 e. The lowest BCUT2D eigenvalue weighted by Gasteiger charge is -2.21. The highest BCUT2D eigenvalue weighted by atomic mass is 19.4. The largest absolute Gasteiger partial charge is 0.409 e. The van der Waals surface area contributed by atoms with Crippen molar-refractivity contribution in [2.24, 2.45) is 5.92 Å². The molecule has 0 bridgehead atoms. The molecule has 0 saturated heterocycles. The molecule has 1 heterocycles. The average molecular weight is 290 g/mol. The highest BCUT2D eigenvalue weighted by Crippen LogP contribution is 2.39. The molecule has 1 amide bonds. The van der Waals surface area contributed by atoms with Gasteiger partial charge in [-0.15, -0.1) is 0 Å². The van der Waals surface area contributed by atoms with Gasteiger partial charge in [-0.25, -0.2) is 4.98 Å². The van der Waals surface area contributed by atoms with E-state index in [2.05, 4.69) is 15.2 Å². The molecule has 0 aliphatic rings. The standard InChI is InChI=1S/C8H8F6N4O/c9-7(10,11)5(8(12,13)14)6(19)15-2-1-4-16-3-17-18-4/h3,5H,1-2H2,(H,15,19)(H,16,17,18). The van der Waals surface area contributed by atoms with Crippen molar-refractivity contribution >= 4 is 5.91 Å². The van der Waals surface area contributed by atoms with Crippen molar-refractivity contribution in [3.63, 3.8) is 0 Å². The summed E-state index contributed by atoms with van der Waals surface area (Å²) in [6.07, 6.45) is -10.3. The van der Waals surface area contributed by atoms with Crippen LogP contribution >= 0.6 is 0 Å². The summed E-state index contributed by atoms with van der Waals surface area (Å²) in [5, 5.41) is 7.34. The van der Waals surface area contributed by atoms with Gasteiger partial charge in [0.2, 0.25) is 11.8 Å². The van der Waals surface area contributed by atoms with Crippen molar-refractivity contribution in [1.82, 2.24) is 20.5 Å². The van der Waals surface area contributed by atoms with Gasteiger partial charge in [-0.2, -0.15) is 31.4 Å². The van der Waals surface area contributed by atoms with E-state index in [0.29, 0.717) is 0 Å². The van der Waals surface area contributed by atoms with Gasteiger partial charge in [0.1, 0.15) is 12.2 Å². The molecule has 5 nitrogen and oxygen atoms in total. The molecule has 0 radical (unpaired) electrons. The van der Waals surface area contributed by atoms with Crippen molar-refractivity contribution in [2.75, 3.05) is 6.54 Å². The van der Waals surface area contributed by atoms with E-state index in [4.69, 9.17) is 0 Å². The molecular weight excluding hydrogens is 282 g/mol. The van der Waals surface area contributed by atoms with Crippen LogP contribution in [0.1, 0.15) is 5.82 Å². The van der Waals surface area contributed by atoms with Crippen LogP contribution in [0.2, 0.25) is 0 Å². The SMILES string of the molecule is O=C(NCCc1ncn[nH]1)C(C(F)(F)F)C(F)(F)F. The number of amides is 1. The summed E-state index contributed by atoms with van der Waals surface area (Å²) < 4.78 is 72.9. The zero-order valence-corrected chi connectivity index (χ0v) is 9.14. The first kappa shape index (κ1) is 15.2. The van der Waals surface area contributed by atoms with Gasteiger partial charge < -0.3 is 5.32 Å². The van der Waals surface area contributed by atoms with E-state index in [9.17, 15) is 31.1 Å². The Morgan fingerprint density at radius 2 is 1.84 bits per heavy atom. The molecule has 1 rings (SSSR count). The van der Waals surface area contributed by atoms with Gasteiger partial charge in [-0.05, 0) is 0 Å². The number of carbonyl (C=O) groups excluding carboxylic acids is 1. The van der Waals surface area contributed by atoms with Crippen LogP contribution in [0.4, 0.5) is 26.3 Å². The van der Waals surface area contributed by atoms with Gasteiger partial charge in [-0.3, -0.25) is 9.89 Å². The molecule has 0 aliphatic carbocycles. The quantitative estimate of drug-likeness (QED) is 0.819. The molecule has 0 aliphatic heterocycles. The van der Waals surface area contributed by atoms with Gasteiger partial charge in [0, 0.05) is 13.0 Å². The Morgan fingerprint density at radius 1 is 1.26 bits per heavy atom. The third-order valence-electron chi connectivity index (χ3n) is 2.04. The predicted octanol–water partition coefficient (Wildman–Crippen LogP) is 1.20. The van der Waals surface area contributed by atoms with E-state index in [0.717, 1.165) is 6.33 Å². The van der Waals surface area contributed by atoms with E-state index in [1.165, 1.54) is 0 Å². The minimum atomic E-state index is -5.69. The number of nitrogens with one attached hydrogen (secondary N) is 2. The van der Waals surface area contributed by atoms with Crippen LogP contribution < -0.4 is 5.32 Å². The highest BCUT2D eigenvalue weighted by molar-refractivity contribution is 5.80. The van der Waals surface area contributed by atoms with E-state index in [-0.39, 0.29) is 12.2 Å². The van der Waals surface area contributed by atoms with Gasteiger partial charge >= 0.3 is 12.4 Å². The van der Waals surface area contributed by atoms with Crippen LogP contribution in [0, 0.1) is 5.92 Å². The Kier molecular flexibility index (Phi) is 4.37. The molecule has 1 aromatic rings. The van der Waals surface area contributed by atoms with Gasteiger partial charge in [0.15, 0.2) is 0 Å². The summed E-state index contributed by atoms with van der Waals surface area (Å²) in [5.41, 5.74) is 0. The summed E-state index contributed by atoms with van der Waals surface area (Å²) in [6.45, 7) is -0.420. The molecule has 19 heavy (non-hydrogen) atoms. The normalized spacial score (nSPS) is 12.8. The fourth-order valence-corrected chi connectivity index (χ4v) is 1.24. The molecular formula is C8H8F6N4O. The number of nitrogens with zero attached hydrogens (tertiary/aromatic N) is 2. The van der Waals surface area contributed by atoms with E-state index in [1.54, 1.807) is 5.32 Å². The van der Waals surface area contributed by atoms with E-state index in [1.807, 2.05) is 0 Å². The number of halogens is 6. The number of hydrogen-bond donors (Lipinski definition) is 2. The lowest BCUT2D eigenvalue weighted by atomic mass is 10.1. The Hall–Kier alpha value is -1.81. The fourth-order valence-electron chi connectivity index (χ4n) is 1.24. The first-order valence-corrected chi connectivity index (χ1v) is 4.87. The van der Waals surface area contributed by atoms with Gasteiger partial charge in [0.25, 0.3) is 0 Å². The number of carbonyl (C=O) groups is 1. The van der Waals surface area contributed by atoms with Gasteiger partial charge in [0.05, 0.1) is 0 Å². The fraction of sp³-hybridized carbons (Fsp3) is 0.625. The number of H-pyrrole nitrogens is 1. The zero-order chi connectivity index (χ0) is 14.7. The monoisotopic (exact) mass is 290 g/mol. The summed E-state index contributed by atoms with van der Waals surface area (Å²) in [7, 11) is 0. The third-order valence-corrected chi connectivity index (χ3v) is 2.04. The van der Waals surface area contributed by atoms with Crippen LogP contribution in [0.15, 0.2) is 6.33 Å². The van der Waals surface area contributed by atoms with E-state index < -0.39 is 30.7 Å². The first-order valence-electron chi connectivity index (χ1n) is 4.87. The predicted molar refractivity (Wildman–Crippen MR) is 48.7 cm³/mol. The van der Waals surface area contributed by atoms with Crippen molar-refractivity contribution in [2.45, 2.75) is 18.8 Å². The number of aromatic amines is 1. The molecule has 11 heteroatoms. The second-order valence-corrected chi connectivity index (χ2v) is 3.49. The lowest BCUT2D eigenvalue weighted by molar-refractivity contribution is -0.274. The molecule has 108 valence electrons. The van der Waals surface area contributed by atoms with Crippen LogP contribution in [0.5, 0.6) is 0 Å². The molecule has 0 aromatic carbocycles. The van der Waals surface area contributed by atoms with Crippen LogP contribution in [-0.2, 0) is 11.2 Å². The van der Waals surface area contributed by atoms with Crippen molar-refractivity contribution in [1.29, 1.82) is 0 Å². The Labute approximate surface area is 102 Å². The number of hydrogen-bond acceptors (Lipinski definition) is 3. The van der Waals surface area contributed by atoms with E-state index >= 15 is 0 Å². The average Bonchev–Trinajstić information content (AvgIpc) is 2.65. The number of aromatic nitrogens is 3. The van der Waals surface area contributed by atoms with Crippen LogP contribution in [0.3, 0.4) is 0 Å². The second kappa shape index (κ2) is 5.45. The first-order chi connectivity index (χ1) is 8.62. The molecule has 0 unspecified atom stereocenters. The molecule has 0 atom stereocenters. The minimum absolute atomic E-state index is 0.0613.